The predicted molar refractivity (Wildman–Crippen MR) is 110 cm³/mol. The van der Waals surface area contributed by atoms with Gasteiger partial charge in [-0.1, -0.05) is 48.5 Å². The number of nitrogens with one attached hydrogen (secondary N) is 2. The number of hydrogen-bond donors (Lipinski definition) is 3. The SMILES string of the molecule is O=C(CCNC(=O)OCC1c2ccccc2-c2ccccc21)NC1CC(C(=O)O)C1. The van der Waals surface area contributed by atoms with E-state index in [1.807, 2.05) is 24.3 Å². The summed E-state index contributed by atoms with van der Waals surface area (Å²) in [7, 11) is 0. The maximum Gasteiger partial charge on any atom is 0.407 e. The Morgan fingerprint density at radius 2 is 1.57 bits per heavy atom. The summed E-state index contributed by atoms with van der Waals surface area (Å²) in [6.07, 6.45) is 0.486. The minimum Gasteiger partial charge on any atom is -0.481 e. The van der Waals surface area contributed by atoms with E-state index in [1.165, 1.54) is 11.1 Å². The molecule has 2 aliphatic carbocycles. The molecule has 0 radical (unpaired) electrons. The lowest BCUT2D eigenvalue weighted by molar-refractivity contribution is -0.146. The zero-order valence-corrected chi connectivity index (χ0v) is 16.5. The second-order valence-electron chi connectivity index (χ2n) is 7.77. The van der Waals surface area contributed by atoms with Crippen molar-refractivity contribution in [1.82, 2.24) is 10.6 Å². The third kappa shape index (κ3) is 4.15. The standard InChI is InChI=1S/C23H24N2O5/c26-21(25-15-11-14(12-15)22(27)28)9-10-24-23(29)30-13-20-18-7-3-1-5-16(18)17-6-2-4-8-19(17)20/h1-8,14-15,20H,9-13H2,(H,24,29)(H,25,26)(H,27,28). The molecule has 0 saturated heterocycles. The van der Waals surface area contributed by atoms with Crippen molar-refractivity contribution in [2.75, 3.05) is 13.2 Å². The van der Waals surface area contributed by atoms with Crippen LogP contribution in [0.5, 0.6) is 0 Å². The van der Waals surface area contributed by atoms with Crippen molar-refractivity contribution in [2.45, 2.75) is 31.2 Å². The fraction of sp³-hybridized carbons (Fsp3) is 0.348. The molecule has 0 atom stereocenters. The van der Waals surface area contributed by atoms with Crippen molar-refractivity contribution in [3.63, 3.8) is 0 Å². The Morgan fingerprint density at radius 1 is 0.967 bits per heavy atom. The van der Waals surface area contributed by atoms with Crippen LogP contribution < -0.4 is 10.6 Å². The third-order valence-corrected chi connectivity index (χ3v) is 5.82. The van der Waals surface area contributed by atoms with Crippen molar-refractivity contribution in [3.8, 4) is 11.1 Å². The van der Waals surface area contributed by atoms with E-state index in [-0.39, 0.29) is 43.4 Å². The average molecular weight is 408 g/mol. The van der Waals surface area contributed by atoms with Crippen LogP contribution in [-0.2, 0) is 14.3 Å². The van der Waals surface area contributed by atoms with Gasteiger partial charge in [0.25, 0.3) is 0 Å². The summed E-state index contributed by atoms with van der Waals surface area (Å²) < 4.78 is 5.43. The number of hydrogen-bond acceptors (Lipinski definition) is 4. The largest absolute Gasteiger partial charge is 0.481 e. The van der Waals surface area contributed by atoms with Gasteiger partial charge in [0.15, 0.2) is 0 Å². The lowest BCUT2D eigenvalue weighted by atomic mass is 9.80. The zero-order valence-electron chi connectivity index (χ0n) is 16.5. The lowest BCUT2D eigenvalue weighted by Crippen LogP contribution is -2.47. The smallest absolute Gasteiger partial charge is 0.407 e. The van der Waals surface area contributed by atoms with Crippen LogP contribution in [0.15, 0.2) is 48.5 Å². The van der Waals surface area contributed by atoms with E-state index < -0.39 is 12.1 Å². The highest BCUT2D eigenvalue weighted by molar-refractivity contribution is 5.80. The number of carboxylic acids is 1. The summed E-state index contributed by atoms with van der Waals surface area (Å²) in [6.45, 7) is 0.391. The number of amides is 2. The van der Waals surface area contributed by atoms with Gasteiger partial charge in [-0.3, -0.25) is 9.59 Å². The van der Waals surface area contributed by atoms with Crippen molar-refractivity contribution in [1.29, 1.82) is 0 Å². The van der Waals surface area contributed by atoms with Gasteiger partial charge in [0.05, 0.1) is 5.92 Å². The van der Waals surface area contributed by atoms with Crippen LogP contribution in [0.25, 0.3) is 11.1 Å². The van der Waals surface area contributed by atoms with Gasteiger partial charge in [0.2, 0.25) is 5.91 Å². The molecule has 0 bridgehead atoms. The number of carboxylic acid groups (broad SMARTS) is 1. The number of fused-ring (bicyclic) bond motifs is 3. The van der Waals surface area contributed by atoms with Crippen LogP contribution in [0.1, 0.15) is 36.3 Å². The first-order valence-electron chi connectivity index (χ1n) is 10.1. The molecule has 156 valence electrons. The molecule has 2 aromatic carbocycles. The first-order chi connectivity index (χ1) is 14.5. The Labute approximate surface area is 174 Å². The third-order valence-electron chi connectivity index (χ3n) is 5.82. The molecular formula is C23H24N2O5. The highest BCUT2D eigenvalue weighted by atomic mass is 16.5. The molecule has 0 spiro atoms. The van der Waals surface area contributed by atoms with Gasteiger partial charge in [-0.15, -0.1) is 0 Å². The molecule has 30 heavy (non-hydrogen) atoms. The minimum atomic E-state index is -0.822. The normalized spacial score (nSPS) is 19.2. The molecule has 1 saturated carbocycles. The van der Waals surface area contributed by atoms with E-state index in [9.17, 15) is 14.4 Å². The minimum absolute atomic E-state index is 0.00718. The molecule has 0 aliphatic heterocycles. The molecule has 0 heterocycles. The summed E-state index contributed by atoms with van der Waals surface area (Å²) in [5.41, 5.74) is 4.62. The molecule has 2 aromatic rings. The van der Waals surface area contributed by atoms with E-state index in [4.69, 9.17) is 9.84 Å². The van der Waals surface area contributed by atoms with Crippen molar-refractivity contribution in [2.24, 2.45) is 5.92 Å². The van der Waals surface area contributed by atoms with E-state index in [0.717, 1.165) is 11.1 Å². The van der Waals surface area contributed by atoms with E-state index in [1.54, 1.807) is 0 Å². The maximum absolute atomic E-state index is 12.1. The van der Waals surface area contributed by atoms with Gasteiger partial charge in [-0.2, -0.15) is 0 Å². The Bertz CT molecular complexity index is 922. The fourth-order valence-electron chi connectivity index (χ4n) is 4.16. The lowest BCUT2D eigenvalue weighted by Gasteiger charge is -2.32. The van der Waals surface area contributed by atoms with Gasteiger partial charge < -0.3 is 20.5 Å². The van der Waals surface area contributed by atoms with Crippen LogP contribution in [0.3, 0.4) is 0 Å². The molecule has 0 unspecified atom stereocenters. The number of carbonyl (C=O) groups is 3. The quantitative estimate of drug-likeness (QED) is 0.653. The van der Waals surface area contributed by atoms with Gasteiger partial charge >= 0.3 is 12.1 Å². The summed E-state index contributed by atoms with van der Waals surface area (Å²) in [5, 5.41) is 14.2. The molecule has 3 N–H and O–H groups in total. The van der Waals surface area contributed by atoms with Gasteiger partial charge in [-0.05, 0) is 35.1 Å². The Morgan fingerprint density at radius 3 is 2.17 bits per heavy atom. The van der Waals surface area contributed by atoms with Crippen molar-refractivity contribution in [3.05, 3.63) is 59.7 Å². The highest BCUT2D eigenvalue weighted by Gasteiger charge is 2.35. The fourth-order valence-corrected chi connectivity index (χ4v) is 4.16. The van der Waals surface area contributed by atoms with Gasteiger partial charge in [0.1, 0.15) is 6.61 Å². The number of aliphatic carboxylic acids is 1. The number of rotatable bonds is 7. The first-order valence-corrected chi connectivity index (χ1v) is 10.1. The summed E-state index contributed by atoms with van der Waals surface area (Å²) in [6, 6.07) is 16.1. The van der Waals surface area contributed by atoms with Gasteiger partial charge in [0, 0.05) is 24.9 Å². The molecule has 1 fully saturated rings. The highest BCUT2D eigenvalue weighted by Crippen LogP contribution is 2.44. The summed E-state index contributed by atoms with van der Waals surface area (Å²) in [5.74, 6) is -1.40. The summed E-state index contributed by atoms with van der Waals surface area (Å²) in [4.78, 5) is 34.8. The average Bonchev–Trinajstić information content (AvgIpc) is 3.02. The number of benzene rings is 2. The molecular weight excluding hydrogens is 384 g/mol. The van der Waals surface area contributed by atoms with Gasteiger partial charge in [-0.25, -0.2) is 4.79 Å². The topological polar surface area (TPSA) is 105 Å². The number of ether oxygens (including phenoxy) is 1. The molecule has 7 nitrogen and oxygen atoms in total. The van der Waals surface area contributed by atoms with E-state index >= 15 is 0 Å². The molecule has 4 rings (SSSR count). The molecule has 0 aromatic heterocycles. The van der Waals surface area contributed by atoms with E-state index in [0.29, 0.717) is 12.8 Å². The van der Waals surface area contributed by atoms with Crippen LogP contribution in [0.2, 0.25) is 0 Å². The number of alkyl carbamates (subject to hydrolysis) is 1. The summed E-state index contributed by atoms with van der Waals surface area (Å²) >= 11 is 0. The number of carbonyl (C=O) groups excluding carboxylic acids is 2. The zero-order chi connectivity index (χ0) is 21.1. The van der Waals surface area contributed by atoms with Crippen molar-refractivity contribution < 1.29 is 24.2 Å². The predicted octanol–water partition coefficient (Wildman–Crippen LogP) is 2.89. The van der Waals surface area contributed by atoms with Crippen LogP contribution in [0.4, 0.5) is 4.79 Å². The monoisotopic (exact) mass is 408 g/mol. The van der Waals surface area contributed by atoms with Crippen LogP contribution in [-0.4, -0.2) is 42.3 Å². The molecule has 7 heteroatoms. The molecule has 2 aliphatic rings. The second kappa shape index (κ2) is 8.57. The first kappa shape index (κ1) is 19.9. The van der Waals surface area contributed by atoms with Crippen molar-refractivity contribution >= 4 is 18.0 Å². The molecule has 2 amide bonds. The Hall–Kier alpha value is -3.35. The van der Waals surface area contributed by atoms with E-state index in [2.05, 4.69) is 34.9 Å². The van der Waals surface area contributed by atoms with Crippen LogP contribution in [0, 0.1) is 5.92 Å². The second-order valence-corrected chi connectivity index (χ2v) is 7.77. The van der Waals surface area contributed by atoms with Crippen LogP contribution >= 0.6 is 0 Å². The Kier molecular flexibility index (Phi) is 5.70. The Balaban J connectivity index is 1.21. The maximum atomic E-state index is 12.1.